The third kappa shape index (κ3) is 3.04. The summed E-state index contributed by atoms with van der Waals surface area (Å²) in [5.41, 5.74) is -0.286. The molecule has 0 fully saturated rings. The monoisotopic (exact) mass is 256 g/mol. The van der Waals surface area contributed by atoms with Crippen molar-refractivity contribution in [2.24, 2.45) is 0 Å². The van der Waals surface area contributed by atoms with E-state index in [1.165, 1.54) is 0 Å². The fourth-order valence-electron chi connectivity index (χ4n) is 1.18. The zero-order valence-electron chi connectivity index (χ0n) is 8.68. The highest BCUT2D eigenvalue weighted by molar-refractivity contribution is 7.91. The Balaban J connectivity index is 3.26. The molecule has 0 aliphatic carbocycles. The molecule has 0 bridgehead atoms. The van der Waals surface area contributed by atoms with E-state index < -0.39 is 32.3 Å². The minimum Gasteiger partial charge on any atom is -0.478 e. The van der Waals surface area contributed by atoms with E-state index in [1.54, 1.807) is 0 Å². The zero-order chi connectivity index (χ0) is 13.1. The standard InChI is InChI=1S/C11H9FO4S/c1-2-3-6-17(15,16)10-7-8(11(13)14)4-5-9(10)12/h1,4-5,7H,3,6H2,(H,13,14). The first-order chi connectivity index (χ1) is 7.88. The highest BCUT2D eigenvalue weighted by Crippen LogP contribution is 2.18. The number of terminal acetylenes is 1. The van der Waals surface area contributed by atoms with Crippen molar-refractivity contribution < 1.29 is 22.7 Å². The highest BCUT2D eigenvalue weighted by atomic mass is 32.2. The van der Waals surface area contributed by atoms with Crippen molar-refractivity contribution in [3.8, 4) is 12.3 Å². The van der Waals surface area contributed by atoms with Gasteiger partial charge in [-0.15, -0.1) is 12.3 Å². The fraction of sp³-hybridized carbons (Fsp3) is 0.182. The van der Waals surface area contributed by atoms with Crippen molar-refractivity contribution in [3.63, 3.8) is 0 Å². The Hall–Kier alpha value is -1.87. The van der Waals surface area contributed by atoms with Gasteiger partial charge in [0.2, 0.25) is 0 Å². The second-order valence-corrected chi connectivity index (χ2v) is 5.30. The van der Waals surface area contributed by atoms with Gasteiger partial charge < -0.3 is 5.11 Å². The van der Waals surface area contributed by atoms with Gasteiger partial charge in [0.25, 0.3) is 0 Å². The number of carbonyl (C=O) groups is 1. The van der Waals surface area contributed by atoms with Crippen molar-refractivity contribution >= 4 is 15.8 Å². The van der Waals surface area contributed by atoms with Crippen molar-refractivity contribution in [3.05, 3.63) is 29.6 Å². The fourth-order valence-corrected chi connectivity index (χ4v) is 2.46. The van der Waals surface area contributed by atoms with Crippen LogP contribution in [-0.2, 0) is 9.84 Å². The van der Waals surface area contributed by atoms with Crippen LogP contribution in [0.5, 0.6) is 0 Å². The van der Waals surface area contributed by atoms with Crippen LogP contribution in [0.15, 0.2) is 23.1 Å². The summed E-state index contributed by atoms with van der Waals surface area (Å²) in [7, 11) is -3.89. The SMILES string of the molecule is C#CCCS(=O)(=O)c1cc(C(=O)O)ccc1F. The van der Waals surface area contributed by atoms with Crippen molar-refractivity contribution in [2.45, 2.75) is 11.3 Å². The van der Waals surface area contributed by atoms with Gasteiger partial charge in [-0.05, 0) is 18.2 Å². The van der Waals surface area contributed by atoms with Crippen LogP contribution < -0.4 is 0 Å². The van der Waals surface area contributed by atoms with E-state index in [0.717, 1.165) is 18.2 Å². The summed E-state index contributed by atoms with van der Waals surface area (Å²) in [6.07, 6.45) is 4.87. The molecular formula is C11H9FO4S. The molecule has 0 radical (unpaired) electrons. The largest absolute Gasteiger partial charge is 0.478 e. The Morgan fingerprint density at radius 3 is 2.65 bits per heavy atom. The summed E-state index contributed by atoms with van der Waals surface area (Å²) >= 11 is 0. The molecular weight excluding hydrogens is 247 g/mol. The molecule has 0 heterocycles. The van der Waals surface area contributed by atoms with E-state index in [-0.39, 0.29) is 12.0 Å². The lowest BCUT2D eigenvalue weighted by Gasteiger charge is -2.05. The van der Waals surface area contributed by atoms with E-state index in [1.807, 2.05) is 0 Å². The molecule has 0 aliphatic rings. The average Bonchev–Trinajstić information content (AvgIpc) is 2.26. The van der Waals surface area contributed by atoms with E-state index in [0.29, 0.717) is 0 Å². The molecule has 0 saturated carbocycles. The molecule has 1 rings (SSSR count). The Morgan fingerprint density at radius 2 is 2.12 bits per heavy atom. The lowest BCUT2D eigenvalue weighted by Crippen LogP contribution is -2.10. The maximum atomic E-state index is 13.3. The molecule has 0 atom stereocenters. The lowest BCUT2D eigenvalue weighted by atomic mass is 10.2. The van der Waals surface area contributed by atoms with Crippen LogP contribution in [0.3, 0.4) is 0 Å². The van der Waals surface area contributed by atoms with Crippen LogP contribution in [0.1, 0.15) is 16.8 Å². The second-order valence-electron chi connectivity index (χ2n) is 3.22. The van der Waals surface area contributed by atoms with Crippen molar-refractivity contribution in [1.29, 1.82) is 0 Å². The second kappa shape index (κ2) is 4.97. The van der Waals surface area contributed by atoms with E-state index in [2.05, 4.69) is 5.92 Å². The topological polar surface area (TPSA) is 71.4 Å². The first-order valence-electron chi connectivity index (χ1n) is 4.57. The third-order valence-electron chi connectivity index (χ3n) is 2.03. The summed E-state index contributed by atoms with van der Waals surface area (Å²) < 4.78 is 36.6. The van der Waals surface area contributed by atoms with E-state index in [4.69, 9.17) is 11.5 Å². The third-order valence-corrected chi connectivity index (χ3v) is 3.75. The molecule has 17 heavy (non-hydrogen) atoms. The van der Waals surface area contributed by atoms with Gasteiger partial charge in [0, 0.05) is 6.42 Å². The number of rotatable bonds is 4. The van der Waals surface area contributed by atoms with Gasteiger partial charge in [0.1, 0.15) is 10.7 Å². The van der Waals surface area contributed by atoms with Crippen LogP contribution in [0.25, 0.3) is 0 Å². The average molecular weight is 256 g/mol. The molecule has 0 spiro atoms. The number of aromatic carboxylic acids is 1. The predicted octanol–water partition coefficient (Wildman–Crippen LogP) is 1.32. The maximum absolute atomic E-state index is 13.3. The normalized spacial score (nSPS) is 10.8. The Kier molecular flexibility index (Phi) is 3.86. The van der Waals surface area contributed by atoms with Gasteiger partial charge in [-0.2, -0.15) is 0 Å². The van der Waals surface area contributed by atoms with Gasteiger partial charge in [0.05, 0.1) is 11.3 Å². The molecule has 1 aromatic carbocycles. The predicted molar refractivity (Wildman–Crippen MR) is 58.9 cm³/mol. The van der Waals surface area contributed by atoms with Crippen LogP contribution in [0.4, 0.5) is 4.39 Å². The van der Waals surface area contributed by atoms with Crippen molar-refractivity contribution in [2.75, 3.05) is 5.75 Å². The van der Waals surface area contributed by atoms with E-state index >= 15 is 0 Å². The van der Waals surface area contributed by atoms with Crippen LogP contribution in [-0.4, -0.2) is 25.2 Å². The number of hydrogen-bond donors (Lipinski definition) is 1. The zero-order valence-corrected chi connectivity index (χ0v) is 9.50. The minimum absolute atomic E-state index is 0.0565. The molecule has 1 N–H and O–H groups in total. The quantitative estimate of drug-likeness (QED) is 0.825. The minimum atomic E-state index is -3.89. The Bertz CT molecular complexity index is 584. The highest BCUT2D eigenvalue weighted by Gasteiger charge is 2.20. The molecule has 0 unspecified atom stereocenters. The van der Waals surface area contributed by atoms with Gasteiger partial charge in [0.15, 0.2) is 9.84 Å². The molecule has 90 valence electrons. The molecule has 0 amide bonds. The number of benzene rings is 1. The van der Waals surface area contributed by atoms with Crippen LogP contribution >= 0.6 is 0 Å². The molecule has 0 aliphatic heterocycles. The van der Waals surface area contributed by atoms with Gasteiger partial charge in [-0.3, -0.25) is 0 Å². The molecule has 6 heteroatoms. The molecule has 1 aromatic rings. The maximum Gasteiger partial charge on any atom is 0.335 e. The Morgan fingerprint density at radius 1 is 1.47 bits per heavy atom. The molecule has 0 aromatic heterocycles. The molecule has 0 saturated heterocycles. The lowest BCUT2D eigenvalue weighted by molar-refractivity contribution is 0.0696. The van der Waals surface area contributed by atoms with Gasteiger partial charge in [-0.25, -0.2) is 17.6 Å². The van der Waals surface area contributed by atoms with Crippen molar-refractivity contribution in [1.82, 2.24) is 0 Å². The van der Waals surface area contributed by atoms with Crippen LogP contribution in [0.2, 0.25) is 0 Å². The smallest absolute Gasteiger partial charge is 0.335 e. The summed E-state index contributed by atoms with van der Waals surface area (Å²) in [5, 5.41) is 8.69. The number of carboxylic acid groups (broad SMARTS) is 1. The van der Waals surface area contributed by atoms with E-state index in [9.17, 15) is 17.6 Å². The van der Waals surface area contributed by atoms with Crippen LogP contribution in [0, 0.1) is 18.2 Å². The molecule has 4 nitrogen and oxygen atoms in total. The number of sulfone groups is 1. The Labute approximate surface area is 98.0 Å². The summed E-state index contributed by atoms with van der Waals surface area (Å²) in [5.74, 6) is -0.581. The summed E-state index contributed by atoms with van der Waals surface area (Å²) in [6.45, 7) is 0. The van der Waals surface area contributed by atoms with Gasteiger partial charge in [-0.1, -0.05) is 0 Å². The first kappa shape index (κ1) is 13.2. The number of hydrogen-bond acceptors (Lipinski definition) is 3. The number of carboxylic acids is 1. The number of halogens is 1. The summed E-state index contributed by atoms with van der Waals surface area (Å²) in [4.78, 5) is 10.0. The van der Waals surface area contributed by atoms with Gasteiger partial charge >= 0.3 is 5.97 Å². The first-order valence-corrected chi connectivity index (χ1v) is 6.23. The summed E-state index contributed by atoms with van der Waals surface area (Å²) in [6, 6.07) is 2.60.